The number of carboxylic acids is 1. The highest BCUT2D eigenvalue weighted by Crippen LogP contribution is 2.32. The van der Waals surface area contributed by atoms with Crippen LogP contribution < -0.4 is 29.7 Å². The van der Waals surface area contributed by atoms with Crippen molar-refractivity contribution in [2.24, 2.45) is 4.99 Å². The summed E-state index contributed by atoms with van der Waals surface area (Å²) in [5.74, 6) is -0.416. The highest BCUT2D eigenvalue weighted by molar-refractivity contribution is 7.07. The first-order valence-electron chi connectivity index (χ1n) is 12.3. The summed E-state index contributed by atoms with van der Waals surface area (Å²) in [5.41, 5.74) is 2.64. The fourth-order valence-electron chi connectivity index (χ4n) is 4.42. The number of rotatable bonds is 8. The second kappa shape index (κ2) is 11.4. The number of hydrogen-bond acceptors (Lipinski definition) is 7. The molecule has 1 unspecified atom stereocenters. The van der Waals surface area contributed by atoms with E-state index in [2.05, 4.69) is 10.3 Å². The third-order valence-corrected chi connectivity index (χ3v) is 7.23. The second-order valence-corrected chi connectivity index (χ2v) is 9.94. The van der Waals surface area contributed by atoms with Crippen LogP contribution in [-0.4, -0.2) is 35.3 Å². The Bertz CT molecular complexity index is 1790. The van der Waals surface area contributed by atoms with Crippen molar-refractivity contribution < 1.29 is 24.2 Å². The lowest BCUT2D eigenvalue weighted by molar-refractivity contribution is -0.139. The molecule has 202 valence electrons. The number of benzene rings is 3. The molecule has 1 atom stereocenters. The molecule has 0 bridgehead atoms. The van der Waals surface area contributed by atoms with Gasteiger partial charge in [-0.25, -0.2) is 9.79 Å². The summed E-state index contributed by atoms with van der Waals surface area (Å²) in [6.45, 7) is 1.32. The van der Waals surface area contributed by atoms with Gasteiger partial charge in [0.1, 0.15) is 11.5 Å². The maximum absolute atomic E-state index is 13.8. The first kappa shape index (κ1) is 26.6. The quantitative estimate of drug-likeness (QED) is 0.344. The molecule has 2 heterocycles. The van der Waals surface area contributed by atoms with E-state index in [1.807, 2.05) is 36.4 Å². The van der Waals surface area contributed by atoms with Crippen molar-refractivity contribution in [1.29, 1.82) is 0 Å². The Morgan fingerprint density at radius 3 is 2.50 bits per heavy atom. The lowest BCUT2D eigenvalue weighted by Crippen LogP contribution is -2.40. The van der Waals surface area contributed by atoms with Crippen molar-refractivity contribution in [3.8, 4) is 11.5 Å². The zero-order chi connectivity index (χ0) is 28.2. The summed E-state index contributed by atoms with van der Waals surface area (Å²) in [6.07, 6.45) is 1.73. The Hall–Kier alpha value is -4.96. The molecule has 0 saturated heterocycles. The fourth-order valence-corrected chi connectivity index (χ4v) is 5.46. The van der Waals surface area contributed by atoms with Crippen LogP contribution in [0.4, 0.5) is 5.69 Å². The van der Waals surface area contributed by atoms with Crippen LogP contribution in [0.1, 0.15) is 24.1 Å². The van der Waals surface area contributed by atoms with Crippen molar-refractivity contribution in [3.05, 3.63) is 121 Å². The van der Waals surface area contributed by atoms with Gasteiger partial charge in [-0.1, -0.05) is 53.8 Å². The third-order valence-electron chi connectivity index (χ3n) is 6.25. The van der Waals surface area contributed by atoms with Gasteiger partial charge in [0.15, 0.2) is 11.4 Å². The number of allylic oxidation sites excluding steroid dienone is 1. The molecule has 1 aliphatic heterocycles. The summed E-state index contributed by atoms with van der Waals surface area (Å²) in [7, 11) is 1.56. The zero-order valence-corrected chi connectivity index (χ0v) is 22.5. The number of fused-ring (bicyclic) bond motifs is 1. The van der Waals surface area contributed by atoms with Crippen LogP contribution in [-0.2, 0) is 9.59 Å². The number of nitrogens with one attached hydrogen (secondary N) is 1. The average Bonchev–Trinajstić information content (AvgIpc) is 3.26. The van der Waals surface area contributed by atoms with E-state index in [0.717, 1.165) is 5.56 Å². The largest absolute Gasteiger partial charge is 0.497 e. The number of nitrogens with zero attached hydrogens (tertiary/aromatic N) is 2. The Morgan fingerprint density at radius 1 is 1.05 bits per heavy atom. The van der Waals surface area contributed by atoms with E-state index < -0.39 is 18.6 Å². The normalized spacial score (nSPS) is 14.8. The number of aromatic nitrogens is 1. The van der Waals surface area contributed by atoms with Crippen molar-refractivity contribution >= 4 is 35.0 Å². The minimum absolute atomic E-state index is 0.291. The lowest BCUT2D eigenvalue weighted by Gasteiger charge is -2.25. The number of aliphatic carboxylic acids is 1. The molecule has 9 nitrogen and oxygen atoms in total. The van der Waals surface area contributed by atoms with Gasteiger partial charge in [-0.3, -0.25) is 14.2 Å². The van der Waals surface area contributed by atoms with Gasteiger partial charge in [-0.05, 0) is 60.5 Å². The molecule has 0 fully saturated rings. The molecule has 40 heavy (non-hydrogen) atoms. The van der Waals surface area contributed by atoms with Crippen LogP contribution >= 0.6 is 11.3 Å². The van der Waals surface area contributed by atoms with Crippen molar-refractivity contribution in [2.75, 3.05) is 19.0 Å². The van der Waals surface area contributed by atoms with Gasteiger partial charge in [0.25, 0.3) is 11.5 Å². The number of para-hydroxylation sites is 1. The number of carbonyl (C=O) groups is 2. The van der Waals surface area contributed by atoms with Gasteiger partial charge in [-0.2, -0.15) is 0 Å². The average molecular weight is 556 g/mol. The molecule has 1 aromatic heterocycles. The summed E-state index contributed by atoms with van der Waals surface area (Å²) in [6, 6.07) is 22.4. The van der Waals surface area contributed by atoms with Crippen LogP contribution in [0, 0.1) is 0 Å². The number of hydrogen-bond donors (Lipinski definition) is 2. The van der Waals surface area contributed by atoms with Crippen molar-refractivity contribution in [1.82, 2.24) is 4.57 Å². The maximum atomic E-state index is 13.8. The van der Waals surface area contributed by atoms with E-state index >= 15 is 0 Å². The number of anilines is 1. The molecule has 0 saturated carbocycles. The highest BCUT2D eigenvalue weighted by Gasteiger charge is 2.32. The first-order valence-corrected chi connectivity index (χ1v) is 13.1. The number of ether oxygens (including phenoxy) is 2. The molecule has 1 amide bonds. The van der Waals surface area contributed by atoms with Gasteiger partial charge < -0.3 is 19.9 Å². The Kier molecular flexibility index (Phi) is 7.61. The molecular formula is C30H25N3O6S. The molecule has 10 heteroatoms. The maximum Gasteiger partial charge on any atom is 0.341 e. The Labute approximate surface area is 233 Å². The monoisotopic (exact) mass is 555 g/mol. The van der Waals surface area contributed by atoms with Gasteiger partial charge >= 0.3 is 5.97 Å². The van der Waals surface area contributed by atoms with Gasteiger partial charge in [0.05, 0.1) is 29.0 Å². The smallest absolute Gasteiger partial charge is 0.341 e. The second-order valence-electron chi connectivity index (χ2n) is 8.93. The number of amides is 1. The number of carbonyl (C=O) groups excluding carboxylic acids is 1. The minimum Gasteiger partial charge on any atom is -0.497 e. The summed E-state index contributed by atoms with van der Waals surface area (Å²) in [4.78, 5) is 43.4. The predicted molar refractivity (Wildman–Crippen MR) is 151 cm³/mol. The molecule has 5 rings (SSSR count). The van der Waals surface area contributed by atoms with Crippen LogP contribution in [0.3, 0.4) is 0 Å². The molecular weight excluding hydrogens is 530 g/mol. The Balaban J connectivity index is 1.59. The van der Waals surface area contributed by atoms with Crippen LogP contribution in [0.15, 0.2) is 99.9 Å². The van der Waals surface area contributed by atoms with E-state index in [9.17, 15) is 14.4 Å². The minimum atomic E-state index is -1.07. The zero-order valence-electron chi connectivity index (χ0n) is 21.7. The van der Waals surface area contributed by atoms with Crippen LogP contribution in [0.25, 0.3) is 6.08 Å². The molecule has 1 aliphatic rings. The van der Waals surface area contributed by atoms with Crippen molar-refractivity contribution in [2.45, 2.75) is 13.0 Å². The summed E-state index contributed by atoms with van der Waals surface area (Å²) < 4.78 is 12.6. The van der Waals surface area contributed by atoms with E-state index in [-0.39, 0.29) is 11.5 Å². The standard InChI is InChI=1S/C30H25N3O6S/c1-18-26(28(36)32-21-8-4-3-5-9-21)27(20-7-6-10-23(16-20)38-2)33-29(37)24(40-30(33)31-18)15-19-11-13-22(14-12-19)39-17-25(34)35/h3-16,27H,17H2,1-2H3,(H,32,36)(H,34,35)/b24-15-. The van der Waals surface area contributed by atoms with Gasteiger partial charge in [0.2, 0.25) is 0 Å². The molecule has 0 aliphatic carbocycles. The van der Waals surface area contributed by atoms with E-state index in [0.29, 0.717) is 43.4 Å². The van der Waals surface area contributed by atoms with Crippen LogP contribution in [0.2, 0.25) is 0 Å². The Morgan fingerprint density at radius 2 is 1.80 bits per heavy atom. The summed E-state index contributed by atoms with van der Waals surface area (Å²) in [5, 5.41) is 11.7. The molecule has 2 N–H and O–H groups in total. The van der Waals surface area contributed by atoms with E-state index in [4.69, 9.17) is 14.6 Å². The van der Waals surface area contributed by atoms with Gasteiger partial charge in [-0.15, -0.1) is 0 Å². The topological polar surface area (TPSA) is 119 Å². The molecule has 3 aromatic carbocycles. The lowest BCUT2D eigenvalue weighted by atomic mass is 9.95. The first-order chi connectivity index (χ1) is 19.3. The SMILES string of the molecule is COc1cccc(C2C(C(=O)Nc3ccccc3)=C(C)N=c3s/c(=C\c4ccc(OCC(=O)O)cc4)c(=O)n32)c1. The van der Waals surface area contributed by atoms with E-state index in [1.165, 1.54) is 11.3 Å². The number of methoxy groups -OCH3 is 1. The molecule has 4 aromatic rings. The number of carboxylic acid groups (broad SMARTS) is 1. The molecule has 0 spiro atoms. The van der Waals surface area contributed by atoms with E-state index in [1.54, 1.807) is 67.1 Å². The van der Waals surface area contributed by atoms with Gasteiger partial charge in [0, 0.05) is 5.69 Å². The number of thiazole rings is 1. The van der Waals surface area contributed by atoms with Crippen molar-refractivity contribution in [3.63, 3.8) is 0 Å². The van der Waals surface area contributed by atoms with Crippen LogP contribution in [0.5, 0.6) is 11.5 Å². The molecule has 0 radical (unpaired) electrons. The predicted octanol–water partition coefficient (Wildman–Crippen LogP) is 3.35. The third kappa shape index (κ3) is 5.57. The summed E-state index contributed by atoms with van der Waals surface area (Å²) >= 11 is 1.23. The fraction of sp³-hybridized carbons (Fsp3) is 0.133. The highest BCUT2D eigenvalue weighted by atomic mass is 32.1.